The van der Waals surface area contributed by atoms with Crippen LogP contribution < -0.4 is 0 Å². The number of ether oxygens (including phenoxy) is 2. The second kappa shape index (κ2) is 8.85. The van der Waals surface area contributed by atoms with Crippen molar-refractivity contribution in [3.8, 4) is 0 Å². The minimum atomic E-state index is -1.59. The van der Waals surface area contributed by atoms with Gasteiger partial charge in [0.1, 0.15) is 36.3 Å². The molecule has 9 nitrogen and oxygen atoms in total. The quantitative estimate of drug-likeness (QED) is 0.289. The molecule has 8 atom stereocenters. The lowest BCUT2D eigenvalue weighted by atomic mass is 9.60. The molecule has 0 aromatic carbocycles. The molecule has 0 amide bonds. The van der Waals surface area contributed by atoms with Crippen LogP contribution in [-0.4, -0.2) is 92.0 Å². The van der Waals surface area contributed by atoms with Gasteiger partial charge >= 0.3 is 0 Å². The Kier molecular flexibility index (Phi) is 7.38. The van der Waals surface area contributed by atoms with Crippen LogP contribution in [0.1, 0.15) is 33.6 Å². The number of hydrogen-bond acceptors (Lipinski definition) is 9. The van der Waals surface area contributed by atoms with Gasteiger partial charge < -0.3 is 40.1 Å². The van der Waals surface area contributed by atoms with Gasteiger partial charge in [0.2, 0.25) is 0 Å². The van der Waals surface area contributed by atoms with Crippen molar-refractivity contribution in [2.45, 2.75) is 76.0 Å². The predicted octanol–water partition coefficient (Wildman–Crippen LogP) is -1.52. The van der Waals surface area contributed by atoms with E-state index in [1.807, 2.05) is 0 Å². The molecule has 0 aromatic heterocycles. The first-order valence-corrected chi connectivity index (χ1v) is 9.47. The van der Waals surface area contributed by atoms with Crippen molar-refractivity contribution in [2.24, 2.45) is 11.3 Å². The van der Waals surface area contributed by atoms with Crippen molar-refractivity contribution >= 4 is 5.78 Å². The van der Waals surface area contributed by atoms with Gasteiger partial charge in [-0.25, -0.2) is 0 Å². The van der Waals surface area contributed by atoms with Gasteiger partial charge in [-0.2, -0.15) is 0 Å². The Morgan fingerprint density at radius 1 is 1.21 bits per heavy atom. The van der Waals surface area contributed by atoms with E-state index in [4.69, 9.17) is 9.47 Å². The van der Waals surface area contributed by atoms with Crippen LogP contribution in [0.15, 0.2) is 12.2 Å². The molecule has 1 heterocycles. The maximum atomic E-state index is 11.9. The Bertz CT molecular complexity index is 576. The summed E-state index contributed by atoms with van der Waals surface area (Å²) < 4.78 is 10.8. The normalized spacial score (nSPS) is 42.7. The summed E-state index contributed by atoms with van der Waals surface area (Å²) in [6.07, 6.45) is -4.83. The van der Waals surface area contributed by atoms with Crippen LogP contribution in [0.3, 0.4) is 0 Å². The minimum Gasteiger partial charge on any atom is -0.394 e. The summed E-state index contributed by atoms with van der Waals surface area (Å²) in [7, 11) is 0. The van der Waals surface area contributed by atoms with Gasteiger partial charge in [0.05, 0.1) is 18.8 Å². The molecule has 2 aliphatic rings. The molecule has 2 rings (SSSR count). The van der Waals surface area contributed by atoms with Crippen LogP contribution in [-0.2, 0) is 14.3 Å². The Balaban J connectivity index is 2.14. The highest BCUT2D eigenvalue weighted by Gasteiger charge is 2.51. The van der Waals surface area contributed by atoms with E-state index in [1.165, 1.54) is 12.2 Å². The highest BCUT2D eigenvalue weighted by molar-refractivity contribution is 5.81. The van der Waals surface area contributed by atoms with E-state index in [9.17, 15) is 35.4 Å². The molecule has 6 N–H and O–H groups in total. The molecule has 162 valence electrons. The fourth-order valence-corrected chi connectivity index (χ4v) is 4.02. The third-order valence-corrected chi connectivity index (χ3v) is 5.91. The van der Waals surface area contributed by atoms with Crippen LogP contribution >= 0.6 is 0 Å². The van der Waals surface area contributed by atoms with Gasteiger partial charge in [0, 0.05) is 18.3 Å². The standard InChI is InChI=1S/C19H32O9/c1-10-6-11(22)7-18(2,3)19(10,26)5-4-12(8-20)27-17-16(25)15(24)14(23)13(9-21)28-17/h4-5,10,12-17,20-21,23-26H,6-9H2,1-3H3/b5-4+/t10-,12+,13-,14-,15+,16-,17-,19-/m1/s1. The average Bonchev–Trinajstić information content (AvgIpc) is 2.62. The molecule has 0 aromatic rings. The first-order valence-electron chi connectivity index (χ1n) is 9.47. The third-order valence-electron chi connectivity index (χ3n) is 5.91. The molecular weight excluding hydrogens is 372 g/mol. The van der Waals surface area contributed by atoms with Gasteiger partial charge in [0.15, 0.2) is 6.29 Å². The summed E-state index contributed by atoms with van der Waals surface area (Å²) in [4.78, 5) is 11.9. The zero-order chi connectivity index (χ0) is 21.3. The molecule has 0 spiro atoms. The number of Topliss-reactive ketones (excluding diaryl/α,β-unsaturated/α-hetero) is 1. The van der Waals surface area contributed by atoms with Gasteiger partial charge in [0.25, 0.3) is 0 Å². The van der Waals surface area contributed by atoms with E-state index in [0.717, 1.165) is 0 Å². The fourth-order valence-electron chi connectivity index (χ4n) is 4.02. The van der Waals surface area contributed by atoms with E-state index < -0.39 is 61.0 Å². The molecule has 0 bridgehead atoms. The van der Waals surface area contributed by atoms with E-state index in [-0.39, 0.29) is 24.5 Å². The fraction of sp³-hybridized carbons (Fsp3) is 0.842. The van der Waals surface area contributed by atoms with Crippen molar-refractivity contribution in [2.75, 3.05) is 13.2 Å². The topological polar surface area (TPSA) is 157 Å². The molecule has 1 aliphatic heterocycles. The first-order chi connectivity index (χ1) is 13.0. The van der Waals surface area contributed by atoms with Crippen LogP contribution in [0.2, 0.25) is 0 Å². The van der Waals surface area contributed by atoms with Crippen LogP contribution in [0.25, 0.3) is 0 Å². The van der Waals surface area contributed by atoms with Gasteiger partial charge in [-0.1, -0.05) is 32.9 Å². The summed E-state index contributed by atoms with van der Waals surface area (Å²) >= 11 is 0. The van der Waals surface area contributed by atoms with Crippen LogP contribution in [0, 0.1) is 11.3 Å². The van der Waals surface area contributed by atoms with Gasteiger partial charge in [-0.05, 0) is 5.92 Å². The zero-order valence-corrected chi connectivity index (χ0v) is 16.4. The third kappa shape index (κ3) is 4.47. The number of carbonyl (C=O) groups excluding carboxylic acids is 1. The van der Waals surface area contributed by atoms with Crippen LogP contribution in [0.4, 0.5) is 0 Å². The highest BCUT2D eigenvalue weighted by Crippen LogP contribution is 2.46. The molecule has 1 saturated heterocycles. The van der Waals surface area contributed by atoms with Crippen molar-refractivity contribution in [1.29, 1.82) is 0 Å². The van der Waals surface area contributed by atoms with Crippen LogP contribution in [0.5, 0.6) is 0 Å². The molecule has 2 fully saturated rings. The number of aliphatic hydroxyl groups is 6. The lowest BCUT2D eigenvalue weighted by Gasteiger charge is -2.48. The molecule has 1 aliphatic carbocycles. The SMILES string of the molecule is C[C@@H]1CC(=O)CC(C)(C)[C@@]1(O)/C=C/[C@@H](CO)O[C@@H]1O[C@H](CO)[C@@H](O)[C@H](O)[C@H]1O. The Labute approximate surface area is 164 Å². The monoisotopic (exact) mass is 404 g/mol. The number of ketones is 1. The van der Waals surface area contributed by atoms with E-state index >= 15 is 0 Å². The largest absolute Gasteiger partial charge is 0.394 e. The molecule has 1 saturated carbocycles. The van der Waals surface area contributed by atoms with Crippen molar-refractivity contribution < 1.29 is 44.9 Å². The van der Waals surface area contributed by atoms with Gasteiger partial charge in [-0.3, -0.25) is 4.79 Å². The Hall–Kier alpha value is -0.910. The Morgan fingerprint density at radius 2 is 1.86 bits per heavy atom. The maximum Gasteiger partial charge on any atom is 0.187 e. The average molecular weight is 404 g/mol. The number of rotatable bonds is 6. The molecular formula is C19H32O9. The lowest BCUT2D eigenvalue weighted by molar-refractivity contribution is -0.309. The van der Waals surface area contributed by atoms with Gasteiger partial charge in [-0.15, -0.1) is 0 Å². The molecule has 0 radical (unpaired) electrons. The molecule has 0 unspecified atom stereocenters. The smallest absolute Gasteiger partial charge is 0.187 e. The summed E-state index contributed by atoms with van der Waals surface area (Å²) in [5.41, 5.74) is -2.03. The molecule has 9 heteroatoms. The summed E-state index contributed by atoms with van der Waals surface area (Å²) in [6.45, 7) is 4.25. The van der Waals surface area contributed by atoms with E-state index in [2.05, 4.69) is 0 Å². The lowest BCUT2D eigenvalue weighted by Crippen LogP contribution is -2.59. The maximum absolute atomic E-state index is 11.9. The minimum absolute atomic E-state index is 0.0758. The summed E-state index contributed by atoms with van der Waals surface area (Å²) in [5.74, 6) is -0.265. The summed E-state index contributed by atoms with van der Waals surface area (Å²) in [5, 5.41) is 59.7. The first kappa shape index (κ1) is 23.4. The molecule has 28 heavy (non-hydrogen) atoms. The number of carbonyl (C=O) groups is 1. The number of aliphatic hydroxyl groups excluding tert-OH is 5. The predicted molar refractivity (Wildman–Crippen MR) is 97.0 cm³/mol. The highest BCUT2D eigenvalue weighted by atomic mass is 16.7. The van der Waals surface area contributed by atoms with Crippen molar-refractivity contribution in [3.63, 3.8) is 0 Å². The van der Waals surface area contributed by atoms with Crippen molar-refractivity contribution in [1.82, 2.24) is 0 Å². The van der Waals surface area contributed by atoms with Crippen molar-refractivity contribution in [3.05, 3.63) is 12.2 Å². The van der Waals surface area contributed by atoms with E-state index in [1.54, 1.807) is 20.8 Å². The number of hydrogen-bond donors (Lipinski definition) is 6. The second-order valence-electron chi connectivity index (χ2n) is 8.44. The Morgan fingerprint density at radius 3 is 2.39 bits per heavy atom. The summed E-state index contributed by atoms with van der Waals surface area (Å²) in [6, 6.07) is 0. The second-order valence-corrected chi connectivity index (χ2v) is 8.44. The van der Waals surface area contributed by atoms with E-state index in [0.29, 0.717) is 0 Å². The zero-order valence-electron chi connectivity index (χ0n) is 16.4.